The number of hydrogen-bond donors (Lipinski definition) is 0. The summed E-state index contributed by atoms with van der Waals surface area (Å²) in [6.45, 7) is -0.355. The molecule has 0 radical (unpaired) electrons. The highest BCUT2D eigenvalue weighted by Gasteiger charge is 2.43. The van der Waals surface area contributed by atoms with E-state index in [1.165, 1.54) is 6.42 Å². The molecule has 4 rings (SSSR count). The molecule has 5 nitrogen and oxygen atoms in total. The van der Waals surface area contributed by atoms with Gasteiger partial charge in [-0.3, -0.25) is 4.79 Å². The number of amides is 1. The minimum atomic E-state index is -5.12. The van der Waals surface area contributed by atoms with Gasteiger partial charge in [0.05, 0.1) is 12.5 Å². The van der Waals surface area contributed by atoms with Gasteiger partial charge in [-0.1, -0.05) is 73.9 Å². The van der Waals surface area contributed by atoms with Gasteiger partial charge in [-0.05, 0) is 47.6 Å². The van der Waals surface area contributed by atoms with Gasteiger partial charge in [0.25, 0.3) is 0 Å². The van der Waals surface area contributed by atoms with E-state index in [9.17, 15) is 27.9 Å². The molecule has 3 aromatic rings. The van der Waals surface area contributed by atoms with Crippen molar-refractivity contribution < 1.29 is 32.6 Å². The molecular formula is C29H27F3NO4-. The summed E-state index contributed by atoms with van der Waals surface area (Å²) in [6.07, 6.45) is 0.605. The Morgan fingerprint density at radius 1 is 0.892 bits per heavy atom. The normalized spacial score (nSPS) is 14.2. The molecule has 0 bridgehead atoms. The molecular weight excluding hydrogens is 483 g/mol. The van der Waals surface area contributed by atoms with Gasteiger partial charge < -0.3 is 19.5 Å². The Balaban J connectivity index is 1.62. The third-order valence-electron chi connectivity index (χ3n) is 6.62. The minimum absolute atomic E-state index is 0.0135. The Hall–Kier alpha value is -3.81. The maximum atomic E-state index is 13.5. The zero-order valence-electron chi connectivity index (χ0n) is 20.2. The molecule has 8 heteroatoms. The predicted octanol–water partition coefficient (Wildman–Crippen LogP) is 5.77. The predicted molar refractivity (Wildman–Crippen MR) is 131 cm³/mol. The lowest BCUT2D eigenvalue weighted by molar-refractivity contribution is -0.255. The van der Waals surface area contributed by atoms with Gasteiger partial charge in [0.2, 0.25) is 0 Å². The fourth-order valence-corrected chi connectivity index (χ4v) is 4.65. The zero-order chi connectivity index (χ0) is 26.4. The van der Waals surface area contributed by atoms with Gasteiger partial charge in [-0.2, -0.15) is 13.2 Å². The van der Waals surface area contributed by atoms with E-state index in [4.69, 9.17) is 4.74 Å². The van der Waals surface area contributed by atoms with Crippen molar-refractivity contribution in [2.45, 2.75) is 57.3 Å². The first-order valence-corrected chi connectivity index (χ1v) is 12.2. The molecule has 0 aromatic heterocycles. The number of carbonyl (C=O) groups is 2. The lowest BCUT2D eigenvalue weighted by Crippen LogP contribution is -2.41. The van der Waals surface area contributed by atoms with Gasteiger partial charge in [0.15, 0.2) is 0 Å². The number of carboxylic acid groups (broad SMARTS) is 1. The quantitative estimate of drug-likeness (QED) is 0.386. The molecule has 0 heterocycles. The van der Waals surface area contributed by atoms with Crippen molar-refractivity contribution in [3.63, 3.8) is 0 Å². The van der Waals surface area contributed by atoms with Gasteiger partial charge in [0, 0.05) is 17.3 Å². The number of benzene rings is 3. The highest BCUT2D eigenvalue weighted by atomic mass is 19.4. The van der Waals surface area contributed by atoms with Crippen LogP contribution in [0, 0.1) is 0 Å². The molecule has 1 aliphatic rings. The van der Waals surface area contributed by atoms with Crippen LogP contribution in [0.4, 0.5) is 18.9 Å². The van der Waals surface area contributed by atoms with Crippen LogP contribution in [0.25, 0.3) is 0 Å². The molecule has 0 spiro atoms. The van der Waals surface area contributed by atoms with E-state index in [0.717, 1.165) is 55.0 Å². The summed E-state index contributed by atoms with van der Waals surface area (Å²) >= 11 is 0. The van der Waals surface area contributed by atoms with Crippen LogP contribution < -0.4 is 14.7 Å². The van der Waals surface area contributed by atoms with Crippen LogP contribution in [-0.4, -0.2) is 18.1 Å². The number of aromatic carboxylic acids is 1. The number of rotatable bonds is 8. The molecule has 0 unspecified atom stereocenters. The monoisotopic (exact) mass is 510 g/mol. The van der Waals surface area contributed by atoms with E-state index >= 15 is 0 Å². The van der Waals surface area contributed by atoms with Crippen molar-refractivity contribution >= 4 is 17.6 Å². The molecule has 1 saturated carbocycles. The van der Waals surface area contributed by atoms with Crippen LogP contribution in [0.2, 0.25) is 0 Å². The molecule has 0 saturated heterocycles. The van der Waals surface area contributed by atoms with E-state index in [1.54, 1.807) is 42.5 Å². The third-order valence-corrected chi connectivity index (χ3v) is 6.62. The number of anilines is 1. The van der Waals surface area contributed by atoms with Crippen molar-refractivity contribution in [1.82, 2.24) is 0 Å². The van der Waals surface area contributed by atoms with E-state index in [-0.39, 0.29) is 30.2 Å². The van der Waals surface area contributed by atoms with Crippen molar-refractivity contribution in [3.05, 3.63) is 95.1 Å². The molecule has 37 heavy (non-hydrogen) atoms. The Labute approximate surface area is 213 Å². The molecule has 1 aliphatic carbocycles. The van der Waals surface area contributed by atoms with Crippen LogP contribution in [-0.2, 0) is 17.9 Å². The van der Waals surface area contributed by atoms with Crippen LogP contribution in [0.5, 0.6) is 5.75 Å². The van der Waals surface area contributed by atoms with Crippen molar-refractivity contribution in [2.24, 2.45) is 0 Å². The number of halogens is 3. The first kappa shape index (κ1) is 26.3. The van der Waals surface area contributed by atoms with E-state index in [0.29, 0.717) is 16.4 Å². The molecule has 3 aromatic carbocycles. The molecule has 1 amide bonds. The fraction of sp³-hybridized carbons (Fsp3) is 0.310. The highest BCUT2D eigenvalue weighted by molar-refractivity contribution is 5.98. The van der Waals surface area contributed by atoms with Crippen molar-refractivity contribution in [1.29, 1.82) is 0 Å². The lowest BCUT2D eigenvalue weighted by Gasteiger charge is -2.26. The van der Waals surface area contributed by atoms with Gasteiger partial charge in [-0.15, -0.1) is 0 Å². The van der Waals surface area contributed by atoms with Crippen molar-refractivity contribution in [2.75, 3.05) is 4.90 Å². The maximum Gasteiger partial charge on any atom is 0.471 e. The smallest absolute Gasteiger partial charge is 0.471 e. The summed E-state index contributed by atoms with van der Waals surface area (Å²) in [4.78, 5) is 24.6. The second-order valence-corrected chi connectivity index (χ2v) is 9.21. The number of carbonyl (C=O) groups excluding carboxylic acids is 2. The summed E-state index contributed by atoms with van der Waals surface area (Å²) in [5.74, 6) is -3.34. The summed E-state index contributed by atoms with van der Waals surface area (Å²) in [6, 6.07) is 19.6. The second kappa shape index (κ2) is 11.5. The molecule has 0 N–H and O–H groups in total. The Kier molecular flexibility index (Phi) is 8.16. The SMILES string of the molecule is O=C([O-])c1ccc(N(Cc2ccc(C3CCCCC3)cc2)C(=O)C(F)(F)F)cc1OCc1ccccc1. The molecule has 0 aliphatic heterocycles. The topological polar surface area (TPSA) is 69.7 Å². The summed E-state index contributed by atoms with van der Waals surface area (Å²) in [7, 11) is 0. The second-order valence-electron chi connectivity index (χ2n) is 9.21. The average molecular weight is 511 g/mol. The average Bonchev–Trinajstić information content (AvgIpc) is 2.91. The number of alkyl halides is 3. The Morgan fingerprint density at radius 3 is 2.19 bits per heavy atom. The highest BCUT2D eigenvalue weighted by Crippen LogP contribution is 2.34. The number of ether oxygens (including phenoxy) is 1. The first-order chi connectivity index (χ1) is 17.7. The molecule has 194 valence electrons. The summed E-state index contributed by atoms with van der Waals surface area (Å²) < 4.78 is 46.3. The van der Waals surface area contributed by atoms with Gasteiger partial charge >= 0.3 is 12.1 Å². The van der Waals surface area contributed by atoms with E-state index in [2.05, 4.69) is 0 Å². The number of nitrogens with zero attached hydrogens (tertiary/aromatic N) is 1. The fourth-order valence-electron chi connectivity index (χ4n) is 4.65. The third kappa shape index (κ3) is 6.70. The molecule has 1 fully saturated rings. The van der Waals surface area contributed by atoms with Crippen LogP contribution in [0.3, 0.4) is 0 Å². The molecule has 0 atom stereocenters. The van der Waals surface area contributed by atoms with Gasteiger partial charge in [0.1, 0.15) is 12.4 Å². The number of hydrogen-bond acceptors (Lipinski definition) is 4. The van der Waals surface area contributed by atoms with Crippen LogP contribution in [0.15, 0.2) is 72.8 Å². The summed E-state index contributed by atoms with van der Waals surface area (Å²) in [5, 5.41) is 11.6. The largest absolute Gasteiger partial charge is 0.545 e. The van der Waals surface area contributed by atoms with Crippen LogP contribution >= 0.6 is 0 Å². The standard InChI is InChI=1S/C29H28F3NO4/c30-29(31,32)28(36)33(18-20-11-13-23(14-12-20)22-9-5-2-6-10-22)24-15-16-25(27(34)35)26(17-24)37-19-21-7-3-1-4-8-21/h1,3-4,7-8,11-17,22H,2,5-6,9-10,18-19H2,(H,34,35)/p-1. The maximum absolute atomic E-state index is 13.5. The first-order valence-electron chi connectivity index (χ1n) is 12.2. The lowest BCUT2D eigenvalue weighted by atomic mass is 9.84. The minimum Gasteiger partial charge on any atom is -0.545 e. The van der Waals surface area contributed by atoms with Gasteiger partial charge in [-0.25, -0.2) is 0 Å². The summed E-state index contributed by atoms with van der Waals surface area (Å²) in [5.41, 5.74) is 1.95. The van der Waals surface area contributed by atoms with Crippen LogP contribution in [0.1, 0.15) is 65.1 Å². The van der Waals surface area contributed by atoms with Crippen molar-refractivity contribution in [3.8, 4) is 5.75 Å². The Bertz CT molecular complexity index is 1220. The van der Waals surface area contributed by atoms with E-state index < -0.39 is 18.1 Å². The number of carboxylic acids is 1. The zero-order valence-corrected chi connectivity index (χ0v) is 20.2. The van der Waals surface area contributed by atoms with E-state index in [1.807, 2.05) is 12.1 Å². The Morgan fingerprint density at radius 2 is 1.57 bits per heavy atom.